The molecule has 0 aromatic heterocycles. The molecule has 0 atom stereocenters. The first-order valence-corrected chi connectivity index (χ1v) is 10.5. The summed E-state index contributed by atoms with van der Waals surface area (Å²) in [6.07, 6.45) is 0.731. The summed E-state index contributed by atoms with van der Waals surface area (Å²) in [7, 11) is 0. The number of anilines is 1. The molecule has 0 radical (unpaired) electrons. The Hall–Kier alpha value is -3.15. The van der Waals surface area contributed by atoms with Gasteiger partial charge < -0.3 is 10.2 Å². The molecule has 1 heterocycles. The average Bonchev–Trinajstić information content (AvgIpc) is 2.96. The van der Waals surface area contributed by atoms with E-state index in [0.717, 1.165) is 18.7 Å². The zero-order valence-corrected chi connectivity index (χ0v) is 17.9. The highest BCUT2D eigenvalue weighted by Crippen LogP contribution is 2.24. The zero-order valence-electron chi connectivity index (χ0n) is 17.9. The van der Waals surface area contributed by atoms with Crippen molar-refractivity contribution in [1.29, 1.82) is 0 Å². The van der Waals surface area contributed by atoms with Gasteiger partial charge in [-0.05, 0) is 51.0 Å². The molecule has 2 aromatic rings. The Morgan fingerprint density at radius 3 is 2.50 bits per heavy atom. The lowest BCUT2D eigenvalue weighted by Gasteiger charge is -2.25. The van der Waals surface area contributed by atoms with Crippen molar-refractivity contribution in [3.63, 3.8) is 0 Å². The Kier molecular flexibility index (Phi) is 6.87. The Labute approximate surface area is 177 Å². The van der Waals surface area contributed by atoms with Gasteiger partial charge in [-0.3, -0.25) is 19.3 Å². The van der Waals surface area contributed by atoms with Crippen LogP contribution in [0.4, 0.5) is 5.69 Å². The third-order valence-corrected chi connectivity index (χ3v) is 5.45. The van der Waals surface area contributed by atoms with Gasteiger partial charge in [-0.1, -0.05) is 29.8 Å². The van der Waals surface area contributed by atoms with E-state index in [4.69, 9.17) is 0 Å². The molecule has 1 aliphatic heterocycles. The molecule has 1 aliphatic rings. The molecule has 0 unspecified atom stereocenters. The predicted molar refractivity (Wildman–Crippen MR) is 118 cm³/mol. The number of amides is 3. The number of para-hydroxylation sites is 1. The van der Waals surface area contributed by atoms with Crippen LogP contribution in [0.15, 0.2) is 42.5 Å². The van der Waals surface area contributed by atoms with Gasteiger partial charge in [0.25, 0.3) is 11.8 Å². The van der Waals surface area contributed by atoms with E-state index >= 15 is 0 Å². The Morgan fingerprint density at radius 2 is 1.77 bits per heavy atom. The Morgan fingerprint density at radius 1 is 1.03 bits per heavy atom. The normalized spacial score (nSPS) is 12.8. The van der Waals surface area contributed by atoms with Gasteiger partial charge in [0.15, 0.2) is 0 Å². The van der Waals surface area contributed by atoms with Crippen LogP contribution in [0.5, 0.6) is 0 Å². The topological polar surface area (TPSA) is 69.7 Å². The summed E-state index contributed by atoms with van der Waals surface area (Å²) in [5.74, 6) is -0.605. The van der Waals surface area contributed by atoms with E-state index in [1.54, 1.807) is 12.1 Å². The molecule has 6 nitrogen and oxygen atoms in total. The molecule has 0 saturated carbocycles. The van der Waals surface area contributed by atoms with Crippen LogP contribution in [0.2, 0.25) is 0 Å². The van der Waals surface area contributed by atoms with Crippen molar-refractivity contribution < 1.29 is 14.4 Å². The van der Waals surface area contributed by atoms with Crippen LogP contribution in [0.3, 0.4) is 0 Å². The van der Waals surface area contributed by atoms with Gasteiger partial charge in [-0.2, -0.15) is 0 Å². The monoisotopic (exact) mass is 407 g/mol. The van der Waals surface area contributed by atoms with Crippen molar-refractivity contribution in [2.75, 3.05) is 31.1 Å². The molecule has 0 fully saturated rings. The van der Waals surface area contributed by atoms with E-state index in [-0.39, 0.29) is 30.7 Å². The van der Waals surface area contributed by atoms with E-state index < -0.39 is 0 Å². The Bertz CT molecular complexity index is 954. The van der Waals surface area contributed by atoms with Crippen molar-refractivity contribution in [3.05, 3.63) is 64.7 Å². The highest BCUT2D eigenvalue weighted by molar-refractivity contribution is 6.21. The molecule has 158 valence electrons. The van der Waals surface area contributed by atoms with Gasteiger partial charge in [0.2, 0.25) is 5.91 Å². The summed E-state index contributed by atoms with van der Waals surface area (Å²) >= 11 is 0. The summed E-state index contributed by atoms with van der Waals surface area (Å²) in [5, 5.41) is 2.94. The molecule has 30 heavy (non-hydrogen) atoms. The van der Waals surface area contributed by atoms with Gasteiger partial charge in [0, 0.05) is 38.3 Å². The lowest BCUT2D eigenvalue weighted by molar-refractivity contribution is -0.121. The molecule has 0 aliphatic carbocycles. The molecule has 2 aromatic carbocycles. The average molecular weight is 408 g/mol. The molecular formula is C24H29N3O3. The van der Waals surface area contributed by atoms with Crippen LogP contribution in [0.25, 0.3) is 0 Å². The van der Waals surface area contributed by atoms with Crippen LogP contribution >= 0.6 is 0 Å². The standard InChI is InChI=1S/C24H29N3O3/c1-4-26(21-9-6-5-8-18(21)3)15-13-25-22(28)10-7-14-27-23(29)19-12-11-17(2)16-20(19)24(27)30/h5-6,8-9,11-12,16H,4,7,10,13-15H2,1-3H3,(H,25,28). The number of aryl methyl sites for hydroxylation is 2. The quantitative estimate of drug-likeness (QED) is 0.648. The second-order valence-corrected chi connectivity index (χ2v) is 7.63. The maximum absolute atomic E-state index is 12.5. The van der Waals surface area contributed by atoms with E-state index in [9.17, 15) is 14.4 Å². The molecule has 6 heteroatoms. The summed E-state index contributed by atoms with van der Waals surface area (Å²) in [6, 6.07) is 13.5. The number of rotatable bonds is 9. The van der Waals surface area contributed by atoms with Crippen LogP contribution in [-0.4, -0.2) is 48.8 Å². The predicted octanol–water partition coefficient (Wildman–Crippen LogP) is 3.32. The molecule has 0 spiro atoms. The van der Waals surface area contributed by atoms with E-state index in [1.807, 2.05) is 25.1 Å². The smallest absolute Gasteiger partial charge is 0.261 e. The number of nitrogens with zero attached hydrogens (tertiary/aromatic N) is 2. The summed E-state index contributed by atoms with van der Waals surface area (Å²) < 4.78 is 0. The third kappa shape index (κ3) is 4.70. The fraction of sp³-hybridized carbons (Fsp3) is 0.375. The fourth-order valence-corrected chi connectivity index (χ4v) is 3.79. The van der Waals surface area contributed by atoms with Gasteiger partial charge in [-0.25, -0.2) is 0 Å². The molecule has 3 amide bonds. The number of imide groups is 1. The first kappa shape index (κ1) is 21.6. The number of carbonyl (C=O) groups excluding carboxylic acids is 3. The number of hydrogen-bond donors (Lipinski definition) is 1. The number of hydrogen-bond acceptors (Lipinski definition) is 4. The summed E-state index contributed by atoms with van der Waals surface area (Å²) in [6.45, 7) is 8.46. The van der Waals surface area contributed by atoms with Crippen molar-refractivity contribution in [3.8, 4) is 0 Å². The highest BCUT2D eigenvalue weighted by atomic mass is 16.2. The number of carbonyl (C=O) groups is 3. The second-order valence-electron chi connectivity index (χ2n) is 7.63. The van der Waals surface area contributed by atoms with Crippen LogP contribution in [0, 0.1) is 13.8 Å². The van der Waals surface area contributed by atoms with Gasteiger partial charge in [0.05, 0.1) is 11.1 Å². The zero-order chi connectivity index (χ0) is 21.7. The van der Waals surface area contributed by atoms with Crippen molar-refractivity contribution >= 4 is 23.4 Å². The largest absolute Gasteiger partial charge is 0.370 e. The Balaban J connectivity index is 1.43. The van der Waals surface area contributed by atoms with Crippen molar-refractivity contribution in [2.45, 2.75) is 33.6 Å². The first-order valence-electron chi connectivity index (χ1n) is 10.5. The van der Waals surface area contributed by atoms with E-state index in [2.05, 4.69) is 36.2 Å². The number of nitrogens with one attached hydrogen (secondary N) is 1. The number of benzene rings is 2. The second kappa shape index (κ2) is 9.57. The lowest BCUT2D eigenvalue weighted by atomic mass is 10.1. The molecular weight excluding hydrogens is 378 g/mol. The first-order chi connectivity index (χ1) is 14.4. The van der Waals surface area contributed by atoms with Gasteiger partial charge in [0.1, 0.15) is 0 Å². The maximum Gasteiger partial charge on any atom is 0.261 e. The van der Waals surface area contributed by atoms with E-state index in [0.29, 0.717) is 24.1 Å². The third-order valence-electron chi connectivity index (χ3n) is 5.45. The highest BCUT2D eigenvalue weighted by Gasteiger charge is 2.34. The van der Waals surface area contributed by atoms with Crippen LogP contribution in [-0.2, 0) is 4.79 Å². The lowest BCUT2D eigenvalue weighted by Crippen LogP contribution is -2.36. The summed E-state index contributed by atoms with van der Waals surface area (Å²) in [5.41, 5.74) is 4.24. The van der Waals surface area contributed by atoms with Crippen LogP contribution < -0.4 is 10.2 Å². The molecule has 3 rings (SSSR count). The molecule has 0 bridgehead atoms. The minimum atomic E-state index is -0.271. The molecule has 1 N–H and O–H groups in total. The van der Waals surface area contributed by atoms with Crippen molar-refractivity contribution in [2.24, 2.45) is 0 Å². The minimum Gasteiger partial charge on any atom is -0.370 e. The van der Waals surface area contributed by atoms with E-state index in [1.165, 1.54) is 16.2 Å². The van der Waals surface area contributed by atoms with Crippen LogP contribution in [0.1, 0.15) is 51.6 Å². The number of likely N-dealkylation sites (N-methyl/N-ethyl adjacent to an activating group) is 1. The number of fused-ring (bicyclic) bond motifs is 1. The van der Waals surface area contributed by atoms with Crippen molar-refractivity contribution in [1.82, 2.24) is 10.2 Å². The summed E-state index contributed by atoms with van der Waals surface area (Å²) in [4.78, 5) is 40.6. The SMILES string of the molecule is CCN(CCNC(=O)CCCN1C(=O)c2ccc(C)cc2C1=O)c1ccccc1C. The maximum atomic E-state index is 12.5. The minimum absolute atomic E-state index is 0.0664. The fourth-order valence-electron chi connectivity index (χ4n) is 3.79. The van der Waals surface area contributed by atoms with Gasteiger partial charge in [-0.15, -0.1) is 0 Å². The molecule has 0 saturated heterocycles. The van der Waals surface area contributed by atoms with Gasteiger partial charge >= 0.3 is 0 Å².